The maximum absolute atomic E-state index is 12.3. The molecule has 1 fully saturated rings. The number of likely N-dealkylation sites (N-methyl/N-ethyl adjacent to an activating group) is 1. The van der Waals surface area contributed by atoms with Gasteiger partial charge in [-0.15, -0.1) is 0 Å². The molecule has 112 valence electrons. The Kier molecular flexibility index (Phi) is 4.97. The summed E-state index contributed by atoms with van der Waals surface area (Å²) in [7, 11) is 1.31. The third kappa shape index (κ3) is 2.84. The van der Waals surface area contributed by atoms with E-state index in [4.69, 9.17) is 0 Å². The highest BCUT2D eigenvalue weighted by Gasteiger charge is 2.43. The van der Waals surface area contributed by atoms with Crippen LogP contribution in [0.25, 0.3) is 0 Å². The summed E-state index contributed by atoms with van der Waals surface area (Å²) in [5.41, 5.74) is 0.424. The molecule has 0 saturated carbocycles. The van der Waals surface area contributed by atoms with Crippen LogP contribution in [0.1, 0.15) is 20.8 Å². The van der Waals surface area contributed by atoms with Crippen LogP contribution in [0.15, 0.2) is 36.0 Å². The average molecular weight is 290 g/mol. The fourth-order valence-electron chi connectivity index (χ4n) is 2.04. The maximum Gasteiger partial charge on any atom is 0.262 e. The molecule has 6 nitrogen and oxygen atoms in total. The lowest BCUT2D eigenvalue weighted by Gasteiger charge is -2.24. The lowest BCUT2D eigenvalue weighted by molar-refractivity contribution is -0.152. The highest BCUT2D eigenvalue weighted by molar-refractivity contribution is 6.26. The number of nitrogens with zero attached hydrogens (tertiary/aromatic N) is 2. The molecule has 1 heterocycles. The fourth-order valence-corrected chi connectivity index (χ4v) is 2.04. The first-order chi connectivity index (χ1) is 9.77. The van der Waals surface area contributed by atoms with Crippen molar-refractivity contribution < 1.29 is 19.2 Å². The van der Waals surface area contributed by atoms with Gasteiger partial charge in [0, 0.05) is 19.5 Å². The van der Waals surface area contributed by atoms with E-state index in [-0.39, 0.29) is 11.1 Å². The number of carbonyl (C=O) groups excluding carboxylic acids is 4. The van der Waals surface area contributed by atoms with Crippen LogP contribution in [0.4, 0.5) is 0 Å². The van der Waals surface area contributed by atoms with Gasteiger partial charge in [-0.2, -0.15) is 0 Å². The molecule has 1 atom stereocenters. The Balaban J connectivity index is 3.20. The molecule has 1 aliphatic rings. The van der Waals surface area contributed by atoms with E-state index in [0.717, 1.165) is 9.80 Å². The van der Waals surface area contributed by atoms with Crippen LogP contribution in [0.3, 0.4) is 0 Å². The number of imide groups is 2. The van der Waals surface area contributed by atoms with Gasteiger partial charge >= 0.3 is 0 Å². The van der Waals surface area contributed by atoms with Gasteiger partial charge in [-0.3, -0.25) is 29.0 Å². The zero-order valence-electron chi connectivity index (χ0n) is 12.5. The topological polar surface area (TPSA) is 74.8 Å². The molecule has 6 heteroatoms. The Morgan fingerprint density at radius 3 is 2.19 bits per heavy atom. The van der Waals surface area contributed by atoms with Crippen LogP contribution < -0.4 is 0 Å². The molecule has 0 N–H and O–H groups in total. The number of carbonyl (C=O) groups is 4. The third-order valence-corrected chi connectivity index (χ3v) is 3.31. The van der Waals surface area contributed by atoms with Crippen LogP contribution in [-0.4, -0.2) is 46.5 Å². The molecule has 1 unspecified atom stereocenters. The number of hydrogen-bond donors (Lipinski definition) is 0. The second-order valence-corrected chi connectivity index (χ2v) is 4.59. The van der Waals surface area contributed by atoms with Crippen molar-refractivity contribution in [1.82, 2.24) is 9.80 Å². The Bertz CT molecular complexity index is 586. The smallest absolute Gasteiger partial charge is 0.262 e. The number of allylic oxidation sites excluding steroid dienone is 3. The highest BCUT2D eigenvalue weighted by atomic mass is 16.2. The second-order valence-electron chi connectivity index (χ2n) is 4.59. The minimum Gasteiger partial charge on any atom is -0.284 e. The van der Waals surface area contributed by atoms with Crippen LogP contribution in [0.5, 0.6) is 0 Å². The number of rotatable bonds is 3. The van der Waals surface area contributed by atoms with Crippen molar-refractivity contribution >= 4 is 23.6 Å². The van der Waals surface area contributed by atoms with Crippen molar-refractivity contribution in [2.45, 2.75) is 26.8 Å². The zero-order chi connectivity index (χ0) is 16.3. The fraction of sp³-hybridized carbons (Fsp3) is 0.333. The maximum atomic E-state index is 12.3. The van der Waals surface area contributed by atoms with E-state index in [2.05, 4.69) is 6.58 Å². The van der Waals surface area contributed by atoms with E-state index in [1.54, 1.807) is 6.92 Å². The van der Waals surface area contributed by atoms with Crippen molar-refractivity contribution in [1.29, 1.82) is 0 Å². The van der Waals surface area contributed by atoms with Gasteiger partial charge in [0.1, 0.15) is 6.04 Å². The molecular weight excluding hydrogens is 272 g/mol. The van der Waals surface area contributed by atoms with Gasteiger partial charge in [0.05, 0.1) is 5.57 Å². The monoisotopic (exact) mass is 290 g/mol. The molecule has 0 aromatic carbocycles. The molecule has 1 aliphatic heterocycles. The minimum absolute atomic E-state index is 0.197. The van der Waals surface area contributed by atoms with Crippen molar-refractivity contribution in [3.63, 3.8) is 0 Å². The summed E-state index contributed by atoms with van der Waals surface area (Å²) in [6, 6.07) is -1.05. The summed E-state index contributed by atoms with van der Waals surface area (Å²) >= 11 is 0. The predicted molar refractivity (Wildman–Crippen MR) is 76.8 cm³/mol. The summed E-state index contributed by atoms with van der Waals surface area (Å²) in [5, 5.41) is 0. The molecule has 0 bridgehead atoms. The van der Waals surface area contributed by atoms with E-state index >= 15 is 0 Å². The number of likely N-dealkylation sites (tertiary alicyclic amines) is 1. The van der Waals surface area contributed by atoms with Crippen molar-refractivity contribution in [3.05, 3.63) is 36.0 Å². The Hall–Kier alpha value is -2.50. The molecule has 0 spiro atoms. The molecule has 1 rings (SSSR count). The Labute approximate surface area is 123 Å². The molecule has 4 amide bonds. The second kappa shape index (κ2) is 6.30. The lowest BCUT2D eigenvalue weighted by Crippen LogP contribution is -2.49. The molecule has 0 aliphatic carbocycles. The first-order valence-corrected chi connectivity index (χ1v) is 6.43. The van der Waals surface area contributed by atoms with Crippen molar-refractivity contribution in [3.8, 4) is 0 Å². The average Bonchev–Trinajstić information content (AvgIpc) is 2.67. The van der Waals surface area contributed by atoms with Gasteiger partial charge in [-0.25, -0.2) is 0 Å². The van der Waals surface area contributed by atoms with Crippen LogP contribution in [0.2, 0.25) is 0 Å². The largest absolute Gasteiger partial charge is 0.284 e. The normalized spacial score (nSPS) is 20.1. The van der Waals surface area contributed by atoms with Crippen molar-refractivity contribution in [2.24, 2.45) is 0 Å². The molecule has 0 radical (unpaired) electrons. The van der Waals surface area contributed by atoms with Gasteiger partial charge < -0.3 is 0 Å². The third-order valence-electron chi connectivity index (χ3n) is 3.31. The molecular formula is C15H18N2O4. The number of hydrogen-bond acceptors (Lipinski definition) is 4. The van der Waals surface area contributed by atoms with E-state index < -0.39 is 29.7 Å². The van der Waals surface area contributed by atoms with Gasteiger partial charge in [0.15, 0.2) is 0 Å². The van der Waals surface area contributed by atoms with E-state index in [9.17, 15) is 19.2 Å². The highest BCUT2D eigenvalue weighted by Crippen LogP contribution is 2.27. The Morgan fingerprint density at radius 2 is 1.76 bits per heavy atom. The summed E-state index contributed by atoms with van der Waals surface area (Å²) in [6.07, 6.45) is 4.35. The van der Waals surface area contributed by atoms with Gasteiger partial charge in [0.25, 0.3) is 17.7 Å². The summed E-state index contributed by atoms with van der Waals surface area (Å²) in [6.45, 7) is 7.79. The van der Waals surface area contributed by atoms with Gasteiger partial charge in [0.2, 0.25) is 5.91 Å². The van der Waals surface area contributed by atoms with E-state index in [1.165, 1.54) is 39.1 Å². The number of amides is 4. The quantitative estimate of drug-likeness (QED) is 0.569. The molecule has 0 aromatic rings. The zero-order valence-corrected chi connectivity index (χ0v) is 12.5. The summed E-state index contributed by atoms with van der Waals surface area (Å²) in [4.78, 5) is 49.7. The van der Waals surface area contributed by atoms with Crippen LogP contribution in [0, 0.1) is 0 Å². The van der Waals surface area contributed by atoms with E-state index in [1.807, 2.05) is 0 Å². The van der Waals surface area contributed by atoms with Crippen LogP contribution >= 0.6 is 0 Å². The van der Waals surface area contributed by atoms with Crippen molar-refractivity contribution in [2.75, 3.05) is 7.05 Å². The summed E-state index contributed by atoms with van der Waals surface area (Å²) < 4.78 is 0. The minimum atomic E-state index is -1.05. The Morgan fingerprint density at radius 1 is 1.24 bits per heavy atom. The molecule has 1 saturated heterocycles. The standard InChI is InChI=1S/C15H18N2O4/c1-6-8-12-11(7-2)14(20)17(15(12)21)9(3)13(19)16(5)10(4)18/h6-9H,1H2,2-5H3/b11-7+,12-8+. The lowest BCUT2D eigenvalue weighted by atomic mass is 10.1. The summed E-state index contributed by atoms with van der Waals surface area (Å²) in [5.74, 6) is -2.18. The first-order valence-electron chi connectivity index (χ1n) is 6.43. The SMILES string of the molecule is C=C/C=C1/C(=O)N(C(C)C(=O)N(C)C(C)=O)C(=O)/C1=C/C. The molecule has 0 aromatic heterocycles. The predicted octanol–water partition coefficient (Wildman–Crippen LogP) is 0.807. The van der Waals surface area contributed by atoms with Gasteiger partial charge in [-0.1, -0.05) is 18.7 Å². The van der Waals surface area contributed by atoms with Crippen LogP contribution in [-0.2, 0) is 19.2 Å². The van der Waals surface area contributed by atoms with E-state index in [0.29, 0.717) is 0 Å². The van der Waals surface area contributed by atoms with Gasteiger partial charge in [-0.05, 0) is 19.9 Å². The first kappa shape index (κ1) is 16.6. The molecule has 21 heavy (non-hydrogen) atoms.